The molecule has 0 spiro atoms. The molecule has 4 rings (SSSR count). The zero-order valence-electron chi connectivity index (χ0n) is 13.2. The fourth-order valence-corrected chi connectivity index (χ4v) is 3.49. The van der Waals surface area contributed by atoms with Gasteiger partial charge in [-0.15, -0.1) is 0 Å². The van der Waals surface area contributed by atoms with Crippen LogP contribution in [0, 0.1) is 0 Å². The van der Waals surface area contributed by atoms with E-state index in [4.69, 9.17) is 12.2 Å². The lowest BCUT2D eigenvalue weighted by Gasteiger charge is -2.32. The summed E-state index contributed by atoms with van der Waals surface area (Å²) in [5, 5.41) is 0.217. The van der Waals surface area contributed by atoms with Crippen LogP contribution in [0.3, 0.4) is 0 Å². The van der Waals surface area contributed by atoms with Crippen LogP contribution in [0.1, 0.15) is 11.1 Å². The molecule has 1 aliphatic heterocycles. The Kier molecular flexibility index (Phi) is 3.15. The van der Waals surface area contributed by atoms with Crippen molar-refractivity contribution >= 4 is 34.7 Å². The van der Waals surface area contributed by atoms with Crippen LogP contribution in [0.2, 0.25) is 0 Å². The molecule has 5 heteroatoms. The molecule has 0 aromatic heterocycles. The van der Waals surface area contributed by atoms with Gasteiger partial charge in [-0.2, -0.15) is 0 Å². The summed E-state index contributed by atoms with van der Waals surface area (Å²) in [5.41, 5.74) is 4.75. The molecular formula is C19H14N2O2S. The number of benzene rings is 2. The van der Waals surface area contributed by atoms with E-state index in [9.17, 15) is 9.59 Å². The van der Waals surface area contributed by atoms with Crippen LogP contribution in [-0.4, -0.2) is 40.8 Å². The maximum absolute atomic E-state index is 12.8. The van der Waals surface area contributed by atoms with Crippen molar-refractivity contribution in [3.8, 4) is 11.1 Å². The van der Waals surface area contributed by atoms with E-state index in [1.165, 1.54) is 9.80 Å². The van der Waals surface area contributed by atoms with Crippen LogP contribution in [-0.2, 0) is 9.59 Å². The Morgan fingerprint density at radius 2 is 1.04 bits per heavy atom. The molecular weight excluding hydrogens is 320 g/mol. The zero-order valence-corrected chi connectivity index (χ0v) is 14.1. The summed E-state index contributed by atoms with van der Waals surface area (Å²) in [5.74, 6) is -0.714. The highest BCUT2D eigenvalue weighted by Gasteiger charge is 2.40. The van der Waals surface area contributed by atoms with Gasteiger partial charge in [0.1, 0.15) is 5.57 Å². The van der Waals surface area contributed by atoms with Crippen molar-refractivity contribution in [3.05, 3.63) is 65.2 Å². The lowest BCUT2D eigenvalue weighted by Crippen LogP contribution is -2.53. The quantitative estimate of drug-likeness (QED) is 0.361. The Morgan fingerprint density at radius 3 is 1.46 bits per heavy atom. The molecule has 0 N–H and O–H groups in total. The van der Waals surface area contributed by atoms with E-state index in [2.05, 4.69) is 0 Å². The third-order valence-corrected chi connectivity index (χ3v) is 5.09. The SMILES string of the molecule is CN1C(=O)C(=C2c3ccccc3-c3ccccc32)C(=O)N(C)C1=S. The van der Waals surface area contributed by atoms with E-state index in [0.717, 1.165) is 22.3 Å². The summed E-state index contributed by atoms with van der Waals surface area (Å²) >= 11 is 5.18. The predicted octanol–water partition coefficient (Wildman–Crippen LogP) is 2.68. The van der Waals surface area contributed by atoms with E-state index in [0.29, 0.717) is 5.57 Å². The normalized spacial score (nSPS) is 16.7. The van der Waals surface area contributed by atoms with E-state index in [1.54, 1.807) is 14.1 Å². The Morgan fingerprint density at radius 1 is 0.667 bits per heavy atom. The van der Waals surface area contributed by atoms with Gasteiger partial charge in [0.15, 0.2) is 5.11 Å². The first kappa shape index (κ1) is 14.8. The molecule has 0 saturated carbocycles. The average molecular weight is 334 g/mol. The Labute approximate surface area is 145 Å². The Hall–Kier alpha value is -2.79. The van der Waals surface area contributed by atoms with Crippen LogP contribution in [0.25, 0.3) is 16.7 Å². The van der Waals surface area contributed by atoms with E-state index < -0.39 is 0 Å². The zero-order chi connectivity index (χ0) is 17.0. The second-order valence-corrected chi connectivity index (χ2v) is 6.22. The van der Waals surface area contributed by atoms with Gasteiger partial charge in [-0.1, -0.05) is 48.5 Å². The van der Waals surface area contributed by atoms with Crippen LogP contribution in [0.15, 0.2) is 54.1 Å². The predicted molar refractivity (Wildman–Crippen MR) is 96.0 cm³/mol. The molecule has 2 amide bonds. The molecule has 2 aromatic rings. The van der Waals surface area contributed by atoms with E-state index in [1.807, 2.05) is 48.5 Å². The molecule has 4 nitrogen and oxygen atoms in total. The first-order valence-corrected chi connectivity index (χ1v) is 7.96. The smallest absolute Gasteiger partial charge is 0.266 e. The van der Waals surface area contributed by atoms with Crippen molar-refractivity contribution in [2.75, 3.05) is 14.1 Å². The van der Waals surface area contributed by atoms with Gasteiger partial charge in [0.25, 0.3) is 11.8 Å². The summed E-state index contributed by atoms with van der Waals surface area (Å²) < 4.78 is 0. The Balaban J connectivity index is 2.08. The van der Waals surface area contributed by atoms with Gasteiger partial charge in [-0.3, -0.25) is 19.4 Å². The van der Waals surface area contributed by atoms with Crippen molar-refractivity contribution in [1.82, 2.24) is 9.80 Å². The summed E-state index contributed by atoms with van der Waals surface area (Å²) in [7, 11) is 3.20. The fourth-order valence-electron chi connectivity index (χ4n) is 3.33. The van der Waals surface area contributed by atoms with Crippen molar-refractivity contribution in [2.24, 2.45) is 0 Å². The molecule has 1 saturated heterocycles. The average Bonchev–Trinajstić information content (AvgIpc) is 2.94. The number of carbonyl (C=O) groups is 2. The van der Waals surface area contributed by atoms with Crippen molar-refractivity contribution in [3.63, 3.8) is 0 Å². The highest BCUT2D eigenvalue weighted by molar-refractivity contribution is 7.80. The lowest BCUT2D eigenvalue weighted by atomic mass is 9.95. The number of amides is 2. The number of hydrogen-bond acceptors (Lipinski definition) is 3. The molecule has 1 aliphatic carbocycles. The highest BCUT2D eigenvalue weighted by atomic mass is 32.1. The second-order valence-electron chi connectivity index (χ2n) is 5.85. The monoisotopic (exact) mass is 334 g/mol. The summed E-state index contributed by atoms with van der Waals surface area (Å²) in [6.07, 6.45) is 0. The standard InChI is InChI=1S/C19H14N2O2S/c1-20-17(22)16(18(23)21(2)19(20)24)15-13-9-5-3-7-11(13)12-8-4-6-10-14(12)15/h3-10H,1-2H3. The minimum atomic E-state index is -0.357. The van der Waals surface area contributed by atoms with Crippen LogP contribution in [0.4, 0.5) is 0 Å². The molecule has 1 fully saturated rings. The maximum Gasteiger partial charge on any atom is 0.266 e. The fraction of sp³-hybridized carbons (Fsp3) is 0.105. The summed E-state index contributed by atoms with van der Waals surface area (Å²) in [6.45, 7) is 0. The van der Waals surface area contributed by atoms with E-state index >= 15 is 0 Å². The van der Waals surface area contributed by atoms with Crippen molar-refractivity contribution in [2.45, 2.75) is 0 Å². The van der Waals surface area contributed by atoms with Gasteiger partial charge < -0.3 is 0 Å². The molecule has 2 aliphatic rings. The number of thiocarbonyl (C=S) groups is 1. The summed E-state index contributed by atoms with van der Waals surface area (Å²) in [4.78, 5) is 28.4. The minimum absolute atomic E-state index is 0.172. The lowest BCUT2D eigenvalue weighted by molar-refractivity contribution is -0.132. The van der Waals surface area contributed by atoms with Gasteiger partial charge in [0.2, 0.25) is 0 Å². The third-order valence-electron chi connectivity index (χ3n) is 4.54. The molecule has 0 atom stereocenters. The van der Waals surface area contributed by atoms with E-state index in [-0.39, 0.29) is 22.5 Å². The first-order valence-electron chi connectivity index (χ1n) is 7.56. The number of nitrogens with zero attached hydrogens (tertiary/aromatic N) is 2. The molecule has 0 radical (unpaired) electrons. The molecule has 1 heterocycles. The maximum atomic E-state index is 12.8. The van der Waals surface area contributed by atoms with Gasteiger partial charge in [0.05, 0.1) is 0 Å². The van der Waals surface area contributed by atoms with Crippen molar-refractivity contribution < 1.29 is 9.59 Å². The number of rotatable bonds is 0. The third kappa shape index (κ3) is 1.82. The van der Waals surface area contributed by atoms with Gasteiger partial charge in [0, 0.05) is 19.7 Å². The topological polar surface area (TPSA) is 40.6 Å². The molecule has 0 bridgehead atoms. The second kappa shape index (κ2) is 5.11. The number of fused-ring (bicyclic) bond motifs is 3. The Bertz CT molecular complexity index is 888. The molecule has 2 aromatic carbocycles. The number of hydrogen-bond donors (Lipinski definition) is 0. The minimum Gasteiger partial charge on any atom is -0.288 e. The molecule has 0 unspecified atom stereocenters. The molecule has 24 heavy (non-hydrogen) atoms. The van der Waals surface area contributed by atoms with Crippen LogP contribution < -0.4 is 0 Å². The summed E-state index contributed by atoms with van der Waals surface area (Å²) in [6, 6.07) is 15.7. The van der Waals surface area contributed by atoms with Gasteiger partial charge >= 0.3 is 0 Å². The van der Waals surface area contributed by atoms with Gasteiger partial charge in [-0.05, 0) is 34.5 Å². The van der Waals surface area contributed by atoms with Crippen LogP contribution in [0.5, 0.6) is 0 Å². The molecule has 118 valence electrons. The number of carbonyl (C=O) groups excluding carboxylic acids is 2. The number of likely N-dealkylation sites (N-methyl/N-ethyl adjacent to an activating group) is 2. The largest absolute Gasteiger partial charge is 0.288 e. The first-order chi connectivity index (χ1) is 11.5. The van der Waals surface area contributed by atoms with Crippen LogP contribution >= 0.6 is 12.2 Å². The van der Waals surface area contributed by atoms with Crippen molar-refractivity contribution in [1.29, 1.82) is 0 Å². The van der Waals surface area contributed by atoms with Gasteiger partial charge in [-0.25, -0.2) is 0 Å². The highest BCUT2D eigenvalue weighted by Crippen LogP contribution is 2.46.